The molecule has 0 fully saturated rings. The van der Waals surface area contributed by atoms with Gasteiger partial charge in [0, 0.05) is 0 Å². The lowest BCUT2D eigenvalue weighted by Gasteiger charge is -2.14. The van der Waals surface area contributed by atoms with Crippen molar-refractivity contribution in [3.8, 4) is 5.75 Å². The number of rotatable bonds is 18. The van der Waals surface area contributed by atoms with Gasteiger partial charge in [0.2, 0.25) is 0 Å². The summed E-state index contributed by atoms with van der Waals surface area (Å²) in [4.78, 5) is 0. The summed E-state index contributed by atoms with van der Waals surface area (Å²) >= 11 is 0. The fraction of sp³-hybridized carbons (Fsp3) is 0.760. The minimum Gasteiger partial charge on any atom is -0.491 e. The highest BCUT2D eigenvalue weighted by Gasteiger charge is 2.08. The number of unbranched alkanes of at least 4 members (excludes halogenated alkanes) is 11. The van der Waals surface area contributed by atoms with E-state index in [-0.39, 0.29) is 13.2 Å². The first-order valence-corrected chi connectivity index (χ1v) is 11.7. The fourth-order valence-corrected chi connectivity index (χ4v) is 3.59. The molecular formula is C25H44O3. The molecular weight excluding hydrogens is 348 g/mol. The van der Waals surface area contributed by atoms with E-state index >= 15 is 0 Å². The van der Waals surface area contributed by atoms with Gasteiger partial charge < -0.3 is 14.9 Å². The highest BCUT2D eigenvalue weighted by molar-refractivity contribution is 5.37. The quantitative estimate of drug-likeness (QED) is 0.291. The SMILES string of the molecule is CCCCCCCCCCCCCCc1ccc(CC)c(OCC(O)CO)c1. The van der Waals surface area contributed by atoms with Crippen molar-refractivity contribution in [1.82, 2.24) is 0 Å². The van der Waals surface area contributed by atoms with Crippen LogP contribution in [-0.4, -0.2) is 29.5 Å². The molecule has 0 bridgehead atoms. The Labute approximate surface area is 173 Å². The van der Waals surface area contributed by atoms with E-state index in [9.17, 15) is 5.11 Å². The molecule has 0 radical (unpaired) electrons. The Hall–Kier alpha value is -1.06. The van der Waals surface area contributed by atoms with E-state index < -0.39 is 6.10 Å². The fourth-order valence-electron chi connectivity index (χ4n) is 3.59. The Morgan fingerprint density at radius 3 is 1.93 bits per heavy atom. The van der Waals surface area contributed by atoms with E-state index in [1.165, 1.54) is 82.6 Å². The maximum Gasteiger partial charge on any atom is 0.122 e. The predicted molar refractivity (Wildman–Crippen MR) is 119 cm³/mol. The molecule has 1 aromatic rings. The molecule has 0 amide bonds. The summed E-state index contributed by atoms with van der Waals surface area (Å²) in [5, 5.41) is 18.4. The molecule has 1 unspecified atom stereocenters. The van der Waals surface area contributed by atoms with Crippen LogP contribution in [-0.2, 0) is 12.8 Å². The van der Waals surface area contributed by atoms with Crippen molar-refractivity contribution in [3.63, 3.8) is 0 Å². The van der Waals surface area contributed by atoms with Crippen molar-refractivity contribution in [3.05, 3.63) is 29.3 Å². The summed E-state index contributed by atoms with van der Waals surface area (Å²) in [5.74, 6) is 0.853. The minimum atomic E-state index is -0.815. The Morgan fingerprint density at radius 2 is 1.39 bits per heavy atom. The number of aliphatic hydroxyl groups is 2. The summed E-state index contributed by atoms with van der Waals surface area (Å²) < 4.78 is 5.72. The Kier molecular flexibility index (Phi) is 15.0. The molecule has 3 nitrogen and oxygen atoms in total. The van der Waals surface area contributed by atoms with Gasteiger partial charge in [0.25, 0.3) is 0 Å². The van der Waals surface area contributed by atoms with Crippen LogP contribution in [0.5, 0.6) is 5.75 Å². The summed E-state index contributed by atoms with van der Waals surface area (Å²) in [6, 6.07) is 6.45. The molecule has 0 aliphatic rings. The zero-order valence-corrected chi connectivity index (χ0v) is 18.4. The third-order valence-corrected chi connectivity index (χ3v) is 5.47. The standard InChI is InChI=1S/C25H44O3/c1-3-5-6-7-8-9-10-11-12-13-14-15-16-22-17-18-23(4-2)25(19-22)28-21-24(27)20-26/h17-19,24,26-27H,3-16,20-21H2,1-2H3. The molecule has 1 atom stereocenters. The van der Waals surface area contributed by atoms with Crippen LogP contribution in [0.3, 0.4) is 0 Å². The average Bonchev–Trinajstić information content (AvgIpc) is 2.72. The third-order valence-electron chi connectivity index (χ3n) is 5.47. The lowest BCUT2D eigenvalue weighted by Crippen LogP contribution is -2.21. The van der Waals surface area contributed by atoms with Gasteiger partial charge in [-0.25, -0.2) is 0 Å². The smallest absolute Gasteiger partial charge is 0.122 e. The number of hydrogen-bond donors (Lipinski definition) is 2. The van der Waals surface area contributed by atoms with Gasteiger partial charge in [-0.3, -0.25) is 0 Å². The zero-order chi connectivity index (χ0) is 20.5. The molecule has 1 rings (SSSR count). The summed E-state index contributed by atoms with van der Waals surface area (Å²) in [7, 11) is 0. The van der Waals surface area contributed by atoms with Crippen LogP contribution in [0.1, 0.15) is 102 Å². The second-order valence-electron chi connectivity index (χ2n) is 8.08. The Bertz CT molecular complexity index is 487. The largest absolute Gasteiger partial charge is 0.491 e. The van der Waals surface area contributed by atoms with Crippen molar-refractivity contribution >= 4 is 0 Å². The molecule has 0 aliphatic heterocycles. The maximum atomic E-state index is 9.50. The summed E-state index contributed by atoms with van der Waals surface area (Å²) in [6.07, 6.45) is 17.6. The lowest BCUT2D eigenvalue weighted by molar-refractivity contribution is 0.0533. The maximum absolute atomic E-state index is 9.50. The van der Waals surface area contributed by atoms with Crippen LogP contribution < -0.4 is 4.74 Å². The van der Waals surface area contributed by atoms with Crippen LogP contribution in [0.15, 0.2) is 18.2 Å². The van der Waals surface area contributed by atoms with Crippen molar-refractivity contribution in [1.29, 1.82) is 0 Å². The zero-order valence-electron chi connectivity index (χ0n) is 18.4. The second-order valence-corrected chi connectivity index (χ2v) is 8.08. The molecule has 0 spiro atoms. The third kappa shape index (κ3) is 11.7. The predicted octanol–water partition coefficient (Wildman–Crippen LogP) is 6.22. The normalized spacial score (nSPS) is 12.3. The molecule has 162 valence electrons. The van der Waals surface area contributed by atoms with Gasteiger partial charge >= 0.3 is 0 Å². The number of benzene rings is 1. The lowest BCUT2D eigenvalue weighted by atomic mass is 10.0. The van der Waals surface area contributed by atoms with E-state index in [1.807, 2.05) is 0 Å². The second kappa shape index (κ2) is 16.9. The number of aliphatic hydroxyl groups excluding tert-OH is 2. The van der Waals surface area contributed by atoms with E-state index in [1.54, 1.807) is 0 Å². The van der Waals surface area contributed by atoms with Gasteiger partial charge in [-0.1, -0.05) is 96.6 Å². The highest BCUT2D eigenvalue weighted by Crippen LogP contribution is 2.23. The average molecular weight is 393 g/mol. The van der Waals surface area contributed by atoms with Crippen LogP contribution in [0, 0.1) is 0 Å². The van der Waals surface area contributed by atoms with E-state index in [2.05, 4.69) is 32.0 Å². The Morgan fingerprint density at radius 1 is 0.821 bits per heavy atom. The molecule has 28 heavy (non-hydrogen) atoms. The summed E-state index contributed by atoms with van der Waals surface area (Å²) in [5.41, 5.74) is 2.46. The number of hydrogen-bond acceptors (Lipinski definition) is 3. The van der Waals surface area contributed by atoms with E-state index in [0.29, 0.717) is 0 Å². The highest BCUT2D eigenvalue weighted by atomic mass is 16.5. The molecule has 2 N–H and O–H groups in total. The molecule has 1 aromatic carbocycles. The first-order valence-electron chi connectivity index (χ1n) is 11.7. The minimum absolute atomic E-state index is 0.144. The van der Waals surface area contributed by atoms with Gasteiger partial charge in [0.1, 0.15) is 18.5 Å². The van der Waals surface area contributed by atoms with E-state index in [4.69, 9.17) is 9.84 Å². The first-order chi connectivity index (χ1) is 13.7. The van der Waals surface area contributed by atoms with Crippen molar-refractivity contribution in [2.45, 2.75) is 110 Å². The molecule has 0 aliphatic carbocycles. The van der Waals surface area contributed by atoms with Gasteiger partial charge in [-0.05, 0) is 36.5 Å². The molecule has 3 heteroatoms. The van der Waals surface area contributed by atoms with Crippen molar-refractivity contribution in [2.24, 2.45) is 0 Å². The van der Waals surface area contributed by atoms with Crippen LogP contribution in [0.4, 0.5) is 0 Å². The van der Waals surface area contributed by atoms with Crippen molar-refractivity contribution in [2.75, 3.05) is 13.2 Å². The van der Waals surface area contributed by atoms with Crippen molar-refractivity contribution < 1.29 is 14.9 Å². The molecule has 0 heterocycles. The summed E-state index contributed by atoms with van der Waals surface area (Å²) in [6.45, 7) is 4.26. The Balaban J connectivity index is 2.14. The van der Waals surface area contributed by atoms with E-state index in [0.717, 1.165) is 24.2 Å². The first kappa shape index (κ1) is 25.0. The van der Waals surface area contributed by atoms with Crippen LogP contribution >= 0.6 is 0 Å². The van der Waals surface area contributed by atoms with Crippen LogP contribution in [0.25, 0.3) is 0 Å². The molecule has 0 saturated heterocycles. The topological polar surface area (TPSA) is 49.7 Å². The molecule has 0 saturated carbocycles. The number of aryl methyl sites for hydroxylation is 2. The van der Waals surface area contributed by atoms with Gasteiger partial charge in [0.05, 0.1) is 6.61 Å². The van der Waals surface area contributed by atoms with Gasteiger partial charge in [0.15, 0.2) is 0 Å². The van der Waals surface area contributed by atoms with Gasteiger partial charge in [-0.2, -0.15) is 0 Å². The van der Waals surface area contributed by atoms with Gasteiger partial charge in [-0.15, -0.1) is 0 Å². The van der Waals surface area contributed by atoms with Crippen LogP contribution in [0.2, 0.25) is 0 Å². The molecule has 0 aromatic heterocycles. The monoisotopic (exact) mass is 392 g/mol. The number of ether oxygens (including phenoxy) is 1.